The highest BCUT2D eigenvalue weighted by molar-refractivity contribution is 5.77. The van der Waals surface area contributed by atoms with Crippen LogP contribution in [0.15, 0.2) is 48.7 Å². The fourth-order valence-corrected chi connectivity index (χ4v) is 3.17. The van der Waals surface area contributed by atoms with E-state index in [4.69, 9.17) is 4.74 Å². The fourth-order valence-electron chi connectivity index (χ4n) is 3.17. The van der Waals surface area contributed by atoms with Crippen LogP contribution < -0.4 is 0 Å². The van der Waals surface area contributed by atoms with Crippen molar-refractivity contribution >= 4 is 5.91 Å². The maximum absolute atomic E-state index is 12.7. The third kappa shape index (κ3) is 3.82. The number of benzene rings is 1. The fraction of sp³-hybridized carbons (Fsp3) is 0.400. The van der Waals surface area contributed by atoms with Gasteiger partial charge >= 0.3 is 0 Å². The van der Waals surface area contributed by atoms with E-state index in [0.717, 1.165) is 5.69 Å². The van der Waals surface area contributed by atoms with Gasteiger partial charge in [0.25, 0.3) is 0 Å². The lowest BCUT2D eigenvalue weighted by Gasteiger charge is -2.38. The molecule has 0 radical (unpaired) electrons. The molecule has 2 atom stereocenters. The van der Waals surface area contributed by atoms with Crippen LogP contribution in [0.4, 0.5) is 0 Å². The van der Waals surface area contributed by atoms with Crippen LogP contribution >= 0.6 is 0 Å². The number of aryl methyl sites for hydroxylation is 2. The molecule has 0 saturated carbocycles. The van der Waals surface area contributed by atoms with E-state index in [1.165, 1.54) is 11.1 Å². The van der Waals surface area contributed by atoms with Crippen molar-refractivity contribution < 1.29 is 9.53 Å². The molecule has 0 N–H and O–H groups in total. The van der Waals surface area contributed by atoms with Crippen LogP contribution in [-0.4, -0.2) is 35.0 Å². The number of carbonyl (C=O) groups excluding carboxylic acids is 1. The van der Waals surface area contributed by atoms with Crippen LogP contribution in [0.5, 0.6) is 0 Å². The van der Waals surface area contributed by atoms with Crippen molar-refractivity contribution in [2.75, 3.05) is 13.2 Å². The molecule has 0 aliphatic carbocycles. The first-order valence-corrected chi connectivity index (χ1v) is 8.51. The van der Waals surface area contributed by atoms with Gasteiger partial charge in [0, 0.05) is 18.3 Å². The summed E-state index contributed by atoms with van der Waals surface area (Å²) in [7, 11) is 0. The number of morpholine rings is 1. The van der Waals surface area contributed by atoms with Crippen molar-refractivity contribution in [1.82, 2.24) is 9.88 Å². The van der Waals surface area contributed by atoms with Crippen LogP contribution in [0, 0.1) is 6.92 Å². The highest BCUT2D eigenvalue weighted by Crippen LogP contribution is 2.27. The summed E-state index contributed by atoms with van der Waals surface area (Å²) in [5.74, 6) is 0.176. The monoisotopic (exact) mass is 324 g/mol. The first-order valence-electron chi connectivity index (χ1n) is 8.51. The summed E-state index contributed by atoms with van der Waals surface area (Å²) < 4.78 is 5.99. The molecule has 0 bridgehead atoms. The molecule has 3 rings (SSSR count). The minimum Gasteiger partial charge on any atom is -0.370 e. The van der Waals surface area contributed by atoms with Crippen LogP contribution in [0.25, 0.3) is 0 Å². The lowest BCUT2D eigenvalue weighted by atomic mass is 10.0. The van der Waals surface area contributed by atoms with E-state index in [9.17, 15) is 4.79 Å². The average molecular weight is 324 g/mol. The summed E-state index contributed by atoms with van der Waals surface area (Å²) in [6, 6.07) is 14.2. The summed E-state index contributed by atoms with van der Waals surface area (Å²) in [5.41, 5.74) is 3.34. The van der Waals surface area contributed by atoms with Crippen molar-refractivity contribution in [3.63, 3.8) is 0 Å². The second-order valence-corrected chi connectivity index (χ2v) is 6.39. The van der Waals surface area contributed by atoms with Crippen LogP contribution in [0.1, 0.15) is 36.3 Å². The van der Waals surface area contributed by atoms with Crippen LogP contribution in [0.3, 0.4) is 0 Å². The minimum absolute atomic E-state index is 0.0406. The van der Waals surface area contributed by atoms with Gasteiger partial charge < -0.3 is 9.64 Å². The molecule has 1 aromatic carbocycles. The molecule has 1 fully saturated rings. The van der Waals surface area contributed by atoms with Gasteiger partial charge in [0.05, 0.1) is 19.2 Å². The molecular weight excluding hydrogens is 300 g/mol. The highest BCUT2D eigenvalue weighted by Gasteiger charge is 2.30. The highest BCUT2D eigenvalue weighted by atomic mass is 16.5. The van der Waals surface area contributed by atoms with E-state index in [-0.39, 0.29) is 18.1 Å². The molecule has 4 heteroatoms. The second-order valence-electron chi connectivity index (χ2n) is 6.39. The van der Waals surface area contributed by atoms with Gasteiger partial charge in [-0.25, -0.2) is 0 Å². The molecular formula is C20H24N2O2. The lowest BCUT2D eigenvalue weighted by Crippen LogP contribution is -2.48. The van der Waals surface area contributed by atoms with E-state index < -0.39 is 0 Å². The summed E-state index contributed by atoms with van der Waals surface area (Å²) in [6.07, 6.45) is 2.90. The van der Waals surface area contributed by atoms with Gasteiger partial charge in [-0.15, -0.1) is 0 Å². The first-order chi connectivity index (χ1) is 11.6. The number of hydrogen-bond donors (Lipinski definition) is 0. The number of pyridine rings is 1. The molecule has 2 heterocycles. The Bertz CT molecular complexity index is 687. The van der Waals surface area contributed by atoms with Gasteiger partial charge in [-0.3, -0.25) is 9.78 Å². The van der Waals surface area contributed by atoms with Gasteiger partial charge in [-0.1, -0.05) is 30.3 Å². The van der Waals surface area contributed by atoms with Crippen molar-refractivity contribution in [2.24, 2.45) is 0 Å². The number of carbonyl (C=O) groups is 1. The van der Waals surface area contributed by atoms with Crippen molar-refractivity contribution in [3.05, 3.63) is 65.5 Å². The molecule has 1 saturated heterocycles. The quantitative estimate of drug-likeness (QED) is 0.866. The van der Waals surface area contributed by atoms with Gasteiger partial charge in [-0.2, -0.15) is 0 Å². The molecule has 2 aromatic rings. The SMILES string of the molecule is Cc1ccccc1[C@@H]1CN(C(=O)CCc2ccccn2)[C@H](C)CO1. The zero-order chi connectivity index (χ0) is 16.9. The normalized spacial score (nSPS) is 20.8. The van der Waals surface area contributed by atoms with E-state index in [1.807, 2.05) is 42.2 Å². The number of hydrogen-bond acceptors (Lipinski definition) is 3. The zero-order valence-corrected chi connectivity index (χ0v) is 14.3. The minimum atomic E-state index is -0.0406. The Morgan fingerprint density at radius 1 is 1.25 bits per heavy atom. The van der Waals surface area contributed by atoms with E-state index in [0.29, 0.717) is 26.0 Å². The predicted molar refractivity (Wildman–Crippen MR) is 93.6 cm³/mol. The molecule has 1 aromatic heterocycles. The van der Waals surface area contributed by atoms with Gasteiger partial charge in [-0.05, 0) is 43.5 Å². The molecule has 0 spiro atoms. The smallest absolute Gasteiger partial charge is 0.223 e. The van der Waals surface area contributed by atoms with Gasteiger partial charge in [0.1, 0.15) is 6.10 Å². The Morgan fingerprint density at radius 2 is 2.04 bits per heavy atom. The van der Waals surface area contributed by atoms with Crippen molar-refractivity contribution in [1.29, 1.82) is 0 Å². The Morgan fingerprint density at radius 3 is 2.79 bits per heavy atom. The van der Waals surface area contributed by atoms with E-state index in [1.54, 1.807) is 6.20 Å². The molecule has 1 amide bonds. The number of rotatable bonds is 4. The Labute approximate surface area is 143 Å². The largest absolute Gasteiger partial charge is 0.370 e. The second kappa shape index (κ2) is 7.58. The summed E-state index contributed by atoms with van der Waals surface area (Å²) in [6.45, 7) is 5.33. The Hall–Kier alpha value is -2.20. The molecule has 4 nitrogen and oxygen atoms in total. The van der Waals surface area contributed by atoms with Gasteiger partial charge in [0.2, 0.25) is 5.91 Å². The number of aromatic nitrogens is 1. The lowest BCUT2D eigenvalue weighted by molar-refractivity contribution is -0.144. The zero-order valence-electron chi connectivity index (χ0n) is 14.3. The van der Waals surface area contributed by atoms with E-state index >= 15 is 0 Å². The maximum atomic E-state index is 12.7. The standard InChI is InChI=1S/C20H24N2O2/c1-15-7-3-4-9-18(15)19-13-22(16(2)14-24-19)20(23)11-10-17-8-5-6-12-21-17/h3-9,12,16,19H,10-11,13-14H2,1-2H3/t16-,19+/m1/s1. The Kier molecular flexibility index (Phi) is 5.26. The van der Waals surface area contributed by atoms with Gasteiger partial charge in [0.15, 0.2) is 0 Å². The molecule has 0 unspecified atom stereocenters. The van der Waals surface area contributed by atoms with E-state index in [2.05, 4.69) is 24.0 Å². The maximum Gasteiger partial charge on any atom is 0.223 e. The number of amides is 1. The number of nitrogens with zero attached hydrogens (tertiary/aromatic N) is 2. The summed E-state index contributed by atoms with van der Waals surface area (Å²) >= 11 is 0. The van der Waals surface area contributed by atoms with Crippen LogP contribution in [-0.2, 0) is 16.0 Å². The molecule has 126 valence electrons. The third-order valence-electron chi connectivity index (χ3n) is 4.61. The summed E-state index contributed by atoms with van der Waals surface area (Å²) in [4.78, 5) is 18.9. The topological polar surface area (TPSA) is 42.4 Å². The van der Waals surface area contributed by atoms with Crippen molar-refractivity contribution in [3.8, 4) is 0 Å². The molecule has 24 heavy (non-hydrogen) atoms. The van der Waals surface area contributed by atoms with Crippen LogP contribution in [0.2, 0.25) is 0 Å². The number of ether oxygens (including phenoxy) is 1. The van der Waals surface area contributed by atoms with Crippen molar-refractivity contribution in [2.45, 2.75) is 38.8 Å². The summed E-state index contributed by atoms with van der Waals surface area (Å²) in [5, 5.41) is 0. The molecule has 1 aliphatic rings. The predicted octanol–water partition coefficient (Wildman–Crippen LogP) is 3.31. The first kappa shape index (κ1) is 16.7. The molecule has 1 aliphatic heterocycles. The average Bonchev–Trinajstić information content (AvgIpc) is 2.61. The third-order valence-corrected chi connectivity index (χ3v) is 4.61. The Balaban J connectivity index is 1.65.